The lowest BCUT2D eigenvalue weighted by atomic mass is 10.0. The zero-order valence-electron chi connectivity index (χ0n) is 14.0. The summed E-state index contributed by atoms with van der Waals surface area (Å²) < 4.78 is 11.2. The van der Waals surface area contributed by atoms with Crippen molar-refractivity contribution in [2.45, 2.75) is 20.0 Å². The summed E-state index contributed by atoms with van der Waals surface area (Å²) in [6.45, 7) is 4.13. The number of hydrogen-bond acceptors (Lipinski definition) is 5. The second-order valence-electron chi connectivity index (χ2n) is 6.01. The molecule has 2 aromatic heterocycles. The first-order valence-corrected chi connectivity index (χ1v) is 8.10. The Morgan fingerprint density at radius 1 is 1.20 bits per heavy atom. The molecule has 25 heavy (non-hydrogen) atoms. The van der Waals surface area contributed by atoms with Crippen LogP contribution in [-0.4, -0.2) is 28.7 Å². The molecule has 3 aromatic rings. The lowest BCUT2D eigenvalue weighted by Gasteiger charge is -2.32. The first kappa shape index (κ1) is 15.4. The highest BCUT2D eigenvalue weighted by Crippen LogP contribution is 2.34. The quantitative estimate of drug-likeness (QED) is 0.717. The Labute approximate surface area is 145 Å². The van der Waals surface area contributed by atoms with Gasteiger partial charge in [-0.25, -0.2) is 4.98 Å². The van der Waals surface area contributed by atoms with Gasteiger partial charge >= 0.3 is 0 Å². The molecular formula is C19H17N3O3. The van der Waals surface area contributed by atoms with E-state index in [4.69, 9.17) is 9.26 Å². The topological polar surface area (TPSA) is 68.5 Å². The molecule has 0 radical (unpaired) electrons. The Balaban J connectivity index is 1.79. The van der Waals surface area contributed by atoms with E-state index < -0.39 is 0 Å². The molecule has 1 atom stereocenters. The lowest BCUT2D eigenvalue weighted by molar-refractivity contribution is 0.0958. The molecule has 0 fully saturated rings. The van der Waals surface area contributed by atoms with E-state index >= 15 is 0 Å². The fourth-order valence-electron chi connectivity index (χ4n) is 3.00. The monoisotopic (exact) mass is 335 g/mol. The van der Waals surface area contributed by atoms with Crippen LogP contribution in [0.4, 0.5) is 5.69 Å². The Bertz CT molecular complexity index is 921. The average molecular weight is 335 g/mol. The van der Waals surface area contributed by atoms with E-state index in [1.165, 1.54) is 0 Å². The zero-order valence-corrected chi connectivity index (χ0v) is 14.0. The third-order valence-electron chi connectivity index (χ3n) is 4.15. The predicted molar refractivity (Wildman–Crippen MR) is 92.7 cm³/mol. The maximum Gasteiger partial charge on any atom is 0.264 e. The normalized spacial score (nSPS) is 16.2. The molecule has 0 N–H and O–H groups in total. The molecule has 0 spiro atoms. The van der Waals surface area contributed by atoms with E-state index in [1.807, 2.05) is 43.3 Å². The number of pyridine rings is 1. The first-order valence-electron chi connectivity index (χ1n) is 8.10. The number of carbonyl (C=O) groups excluding carboxylic acids is 1. The van der Waals surface area contributed by atoms with E-state index in [1.54, 1.807) is 24.1 Å². The maximum atomic E-state index is 13.3. The van der Waals surface area contributed by atoms with E-state index in [0.29, 0.717) is 35.1 Å². The summed E-state index contributed by atoms with van der Waals surface area (Å²) >= 11 is 0. The van der Waals surface area contributed by atoms with Gasteiger partial charge in [-0.1, -0.05) is 35.5 Å². The highest BCUT2D eigenvalue weighted by molar-refractivity contribution is 6.10. The number of hydrogen-bond donors (Lipinski definition) is 0. The molecule has 1 aromatic carbocycles. The molecular weight excluding hydrogens is 318 g/mol. The van der Waals surface area contributed by atoms with Gasteiger partial charge in [-0.2, -0.15) is 0 Å². The van der Waals surface area contributed by atoms with Crippen LogP contribution in [-0.2, 0) is 0 Å². The molecule has 4 rings (SSSR count). The fraction of sp³-hybridized carbons (Fsp3) is 0.211. The van der Waals surface area contributed by atoms with Crippen LogP contribution in [0.2, 0.25) is 0 Å². The molecule has 6 nitrogen and oxygen atoms in total. The number of anilines is 1. The van der Waals surface area contributed by atoms with Crippen LogP contribution < -0.4 is 9.64 Å². The minimum atomic E-state index is -0.165. The zero-order chi connectivity index (χ0) is 17.4. The van der Waals surface area contributed by atoms with Crippen LogP contribution in [0.3, 0.4) is 0 Å². The number of ether oxygens (including phenoxy) is 1. The third-order valence-corrected chi connectivity index (χ3v) is 4.15. The Morgan fingerprint density at radius 3 is 2.80 bits per heavy atom. The smallest absolute Gasteiger partial charge is 0.264 e. The Kier molecular flexibility index (Phi) is 3.72. The second kappa shape index (κ2) is 6.05. The summed E-state index contributed by atoms with van der Waals surface area (Å²) in [5, 5.41) is 4.01. The summed E-state index contributed by atoms with van der Waals surface area (Å²) in [6.07, 6.45) is 1.51. The summed E-state index contributed by atoms with van der Waals surface area (Å²) in [6, 6.07) is 13.1. The van der Waals surface area contributed by atoms with Gasteiger partial charge in [0.05, 0.1) is 12.2 Å². The van der Waals surface area contributed by atoms with Crippen molar-refractivity contribution >= 4 is 11.6 Å². The maximum absolute atomic E-state index is 13.3. The van der Waals surface area contributed by atoms with Crippen molar-refractivity contribution in [3.63, 3.8) is 0 Å². The van der Waals surface area contributed by atoms with E-state index in [0.717, 1.165) is 5.56 Å². The van der Waals surface area contributed by atoms with Crippen molar-refractivity contribution in [2.24, 2.45) is 0 Å². The average Bonchev–Trinajstić information content (AvgIpc) is 3.02. The van der Waals surface area contributed by atoms with Gasteiger partial charge < -0.3 is 9.26 Å². The van der Waals surface area contributed by atoms with Crippen molar-refractivity contribution in [1.29, 1.82) is 0 Å². The van der Waals surface area contributed by atoms with Crippen molar-refractivity contribution < 1.29 is 14.1 Å². The first-order chi connectivity index (χ1) is 12.1. The van der Waals surface area contributed by atoms with Gasteiger partial charge in [0.2, 0.25) is 5.88 Å². The molecule has 0 saturated heterocycles. The van der Waals surface area contributed by atoms with Crippen molar-refractivity contribution in [3.8, 4) is 17.2 Å². The number of benzene rings is 1. The minimum Gasteiger partial charge on any atom is -0.471 e. The fourth-order valence-corrected chi connectivity index (χ4v) is 3.00. The number of fused-ring (bicyclic) bond motifs is 1. The van der Waals surface area contributed by atoms with Crippen LogP contribution in [0.1, 0.15) is 23.0 Å². The molecule has 0 saturated carbocycles. The summed E-state index contributed by atoms with van der Waals surface area (Å²) in [4.78, 5) is 19.2. The molecule has 0 aliphatic carbocycles. The number of amides is 1. The van der Waals surface area contributed by atoms with Gasteiger partial charge in [-0.15, -0.1) is 0 Å². The van der Waals surface area contributed by atoms with Crippen LogP contribution in [0, 0.1) is 6.92 Å². The van der Waals surface area contributed by atoms with Crippen molar-refractivity contribution in [3.05, 3.63) is 59.9 Å². The van der Waals surface area contributed by atoms with Crippen LogP contribution in [0.25, 0.3) is 11.3 Å². The van der Waals surface area contributed by atoms with Gasteiger partial charge in [0.1, 0.15) is 17.4 Å². The minimum absolute atomic E-state index is 0.147. The van der Waals surface area contributed by atoms with Crippen LogP contribution in [0.5, 0.6) is 5.88 Å². The highest BCUT2D eigenvalue weighted by atomic mass is 16.5. The number of aryl methyl sites for hydroxylation is 1. The molecule has 1 aliphatic heterocycles. The standard InChI is InChI=1S/C19H17N3O3/c1-12-11-22(15-9-6-10-20-18(15)24-12)19(23)16-13(2)21-25-17(16)14-7-4-3-5-8-14/h3-10,12H,11H2,1-2H3/t12-/m0/s1. The molecule has 1 aliphatic rings. The molecule has 0 bridgehead atoms. The number of carbonyl (C=O) groups is 1. The Hall–Kier alpha value is -3.15. The molecule has 0 unspecified atom stereocenters. The Morgan fingerprint density at radius 2 is 2.00 bits per heavy atom. The summed E-state index contributed by atoms with van der Waals surface area (Å²) in [7, 11) is 0. The molecule has 1 amide bonds. The third kappa shape index (κ3) is 2.65. The molecule has 3 heterocycles. The largest absolute Gasteiger partial charge is 0.471 e. The van der Waals surface area contributed by atoms with Crippen LogP contribution in [0.15, 0.2) is 53.2 Å². The molecule has 126 valence electrons. The SMILES string of the molecule is Cc1noc(-c2ccccc2)c1C(=O)N1C[C@H](C)Oc2ncccc21. The van der Waals surface area contributed by atoms with Gasteiger partial charge in [-0.05, 0) is 26.0 Å². The van der Waals surface area contributed by atoms with Crippen molar-refractivity contribution in [2.75, 3.05) is 11.4 Å². The van der Waals surface area contributed by atoms with E-state index in [-0.39, 0.29) is 12.0 Å². The summed E-state index contributed by atoms with van der Waals surface area (Å²) in [5.41, 5.74) is 2.51. The van der Waals surface area contributed by atoms with Gasteiger partial charge in [0, 0.05) is 11.8 Å². The summed E-state index contributed by atoms with van der Waals surface area (Å²) in [5.74, 6) is 0.777. The predicted octanol–water partition coefficient (Wildman–Crippen LogP) is 3.47. The number of aromatic nitrogens is 2. The van der Waals surface area contributed by atoms with E-state index in [9.17, 15) is 4.79 Å². The van der Waals surface area contributed by atoms with Gasteiger partial charge in [-0.3, -0.25) is 9.69 Å². The van der Waals surface area contributed by atoms with Gasteiger partial charge in [0.15, 0.2) is 5.76 Å². The van der Waals surface area contributed by atoms with Crippen molar-refractivity contribution in [1.82, 2.24) is 10.1 Å². The van der Waals surface area contributed by atoms with Crippen LogP contribution >= 0.6 is 0 Å². The lowest BCUT2D eigenvalue weighted by Crippen LogP contribution is -2.42. The van der Waals surface area contributed by atoms with Gasteiger partial charge in [0.25, 0.3) is 5.91 Å². The van der Waals surface area contributed by atoms with E-state index in [2.05, 4.69) is 10.1 Å². The highest BCUT2D eigenvalue weighted by Gasteiger charge is 2.33. The number of nitrogens with zero attached hydrogens (tertiary/aromatic N) is 3. The number of rotatable bonds is 2. The molecule has 6 heteroatoms. The second-order valence-corrected chi connectivity index (χ2v) is 6.01.